The monoisotopic (exact) mass is 716 g/mol. The number of piperidine rings is 1. The summed E-state index contributed by atoms with van der Waals surface area (Å²) in [5.74, 6) is -0.314. The Morgan fingerprint density at radius 3 is 2.49 bits per heavy atom. The Labute approximate surface area is 295 Å². The van der Waals surface area contributed by atoms with Crippen LogP contribution in [0.15, 0.2) is 85.2 Å². The molecule has 6 rings (SSSR count). The minimum absolute atomic E-state index is 0.0638. The molecule has 0 bridgehead atoms. The molecule has 2 N–H and O–H groups in total. The predicted octanol–water partition coefficient (Wildman–Crippen LogP) is 7.63. The third-order valence-corrected chi connectivity index (χ3v) is 9.27. The van der Waals surface area contributed by atoms with E-state index in [9.17, 15) is 17.6 Å². The van der Waals surface area contributed by atoms with Gasteiger partial charge >= 0.3 is 6.09 Å². The summed E-state index contributed by atoms with van der Waals surface area (Å²) in [4.78, 5) is 27.4. The maximum absolute atomic E-state index is 15.2. The number of likely N-dealkylation sites (tertiary alicyclic amines) is 1. The molecule has 14 heteroatoms. The quantitative estimate of drug-likeness (QED) is 0.158. The number of nitrogens with one attached hydrogen (secondary N) is 2. The summed E-state index contributed by atoms with van der Waals surface area (Å²) in [6.45, 7) is 7.22. The van der Waals surface area contributed by atoms with Crippen LogP contribution in [0.1, 0.15) is 38.3 Å². The van der Waals surface area contributed by atoms with Gasteiger partial charge in [0, 0.05) is 42.2 Å². The normalized spacial score (nSPS) is 16.5. The number of fused-ring (bicyclic) bond motifs is 1. The van der Waals surface area contributed by atoms with Gasteiger partial charge in [-0.1, -0.05) is 42.5 Å². The van der Waals surface area contributed by atoms with E-state index >= 15 is 4.39 Å². The number of pyridine rings is 1. The number of carbonyl (C=O) groups is 1. The molecule has 1 fully saturated rings. The summed E-state index contributed by atoms with van der Waals surface area (Å²) in [5.41, 5.74) is 1.31. The highest BCUT2D eigenvalue weighted by molar-refractivity contribution is 7.91. The Bertz CT molecular complexity index is 2170. The second kappa shape index (κ2) is 14.5. The minimum atomic E-state index is -3.97. The molecule has 0 spiro atoms. The van der Waals surface area contributed by atoms with E-state index in [2.05, 4.69) is 25.0 Å². The van der Waals surface area contributed by atoms with Crippen LogP contribution in [0.3, 0.4) is 0 Å². The van der Waals surface area contributed by atoms with Gasteiger partial charge < -0.3 is 19.7 Å². The molecule has 1 aliphatic heterocycles. The second-order valence-electron chi connectivity index (χ2n) is 13.4. The minimum Gasteiger partial charge on any atom is -0.444 e. The molecule has 0 aliphatic carbocycles. The van der Waals surface area contributed by atoms with E-state index in [0.717, 1.165) is 0 Å². The number of halogens is 2. The summed E-state index contributed by atoms with van der Waals surface area (Å²) in [7, 11) is -3.97. The van der Waals surface area contributed by atoms with Gasteiger partial charge in [-0.3, -0.25) is 4.72 Å². The first-order valence-electron chi connectivity index (χ1n) is 16.4. The van der Waals surface area contributed by atoms with E-state index < -0.39 is 39.7 Å². The molecule has 2 aromatic heterocycles. The molecule has 11 nitrogen and oxygen atoms in total. The zero-order valence-corrected chi connectivity index (χ0v) is 29.4. The molecule has 1 saturated heterocycles. The molecule has 0 radical (unpaired) electrons. The standard InChI is InChI=1S/C37H38F2N6O5S/c1-23-12-13-27-28(14-15-30(39)32(27)44-51(47,48)22-24-9-6-5-7-10-24)33(23)49-34-29(11-8-17-40-34)31-16-18-41-35(43-31)42-26-19-25(38)20-45(21-26)36(46)50-37(2,3)4/h5-18,25-26,44H,19-22H2,1-4H3,(H,41,42,43)/t25-,26-/m1/s1. The van der Waals surface area contributed by atoms with Gasteiger partial charge in [0.1, 0.15) is 23.3 Å². The van der Waals surface area contributed by atoms with Crippen LogP contribution in [0.4, 0.5) is 25.2 Å². The van der Waals surface area contributed by atoms with Crippen molar-refractivity contribution in [3.8, 4) is 22.9 Å². The van der Waals surface area contributed by atoms with Crippen molar-refractivity contribution in [2.75, 3.05) is 23.1 Å². The largest absolute Gasteiger partial charge is 0.444 e. The van der Waals surface area contributed by atoms with Crippen LogP contribution in [0.2, 0.25) is 0 Å². The molecule has 3 heterocycles. The average Bonchev–Trinajstić information content (AvgIpc) is 3.07. The lowest BCUT2D eigenvalue weighted by atomic mass is 10.0. The number of aryl methyl sites for hydroxylation is 1. The molecule has 1 aliphatic rings. The fourth-order valence-electron chi connectivity index (χ4n) is 5.83. The molecule has 51 heavy (non-hydrogen) atoms. The van der Waals surface area contributed by atoms with Crippen molar-refractivity contribution in [1.82, 2.24) is 19.9 Å². The maximum atomic E-state index is 15.2. The molecular formula is C37H38F2N6O5S. The third kappa shape index (κ3) is 8.69. The van der Waals surface area contributed by atoms with Gasteiger partial charge in [0.15, 0.2) is 0 Å². The van der Waals surface area contributed by atoms with Gasteiger partial charge in [0.05, 0.1) is 29.2 Å². The first-order valence-corrected chi connectivity index (χ1v) is 18.0. The summed E-state index contributed by atoms with van der Waals surface area (Å²) >= 11 is 0. The summed E-state index contributed by atoms with van der Waals surface area (Å²) < 4.78 is 70.5. The number of ether oxygens (including phenoxy) is 2. The number of nitrogens with zero attached hydrogens (tertiary/aromatic N) is 4. The smallest absolute Gasteiger partial charge is 0.410 e. The van der Waals surface area contributed by atoms with Crippen LogP contribution in [0, 0.1) is 12.7 Å². The lowest BCUT2D eigenvalue weighted by Crippen LogP contribution is -2.51. The summed E-state index contributed by atoms with van der Waals surface area (Å²) in [5, 5.41) is 3.92. The first kappa shape index (κ1) is 35.5. The average molecular weight is 717 g/mol. The van der Waals surface area contributed by atoms with Crippen molar-refractivity contribution in [1.29, 1.82) is 0 Å². The number of carbonyl (C=O) groups excluding carboxylic acids is 1. The zero-order valence-electron chi connectivity index (χ0n) is 28.6. The number of hydrogen-bond acceptors (Lipinski definition) is 9. The number of benzene rings is 3. The Kier molecular flexibility index (Phi) is 10.1. The second-order valence-corrected chi connectivity index (χ2v) is 15.1. The molecule has 266 valence electrons. The van der Waals surface area contributed by atoms with E-state index in [1.54, 1.807) is 93.8 Å². The third-order valence-electron chi connectivity index (χ3n) is 8.04. The molecule has 3 aromatic carbocycles. The number of aromatic nitrogens is 3. The van der Waals surface area contributed by atoms with Gasteiger partial charge in [-0.2, -0.15) is 0 Å². The van der Waals surface area contributed by atoms with Crippen molar-refractivity contribution in [2.24, 2.45) is 0 Å². The van der Waals surface area contributed by atoms with Crippen LogP contribution in [0.25, 0.3) is 22.0 Å². The Hall–Kier alpha value is -5.37. The zero-order chi connectivity index (χ0) is 36.3. The Balaban J connectivity index is 1.26. The van der Waals surface area contributed by atoms with Gasteiger partial charge in [-0.25, -0.2) is 36.9 Å². The molecule has 1 amide bonds. The fourth-order valence-corrected chi connectivity index (χ4v) is 7.05. The van der Waals surface area contributed by atoms with E-state index in [-0.39, 0.29) is 42.8 Å². The van der Waals surface area contributed by atoms with Gasteiger partial charge in [0.25, 0.3) is 0 Å². The number of rotatable bonds is 9. The Morgan fingerprint density at radius 2 is 1.73 bits per heavy atom. The summed E-state index contributed by atoms with van der Waals surface area (Å²) in [6, 6.07) is 19.4. The molecule has 0 unspecified atom stereocenters. The Morgan fingerprint density at radius 1 is 0.961 bits per heavy atom. The van der Waals surface area contributed by atoms with Crippen molar-refractivity contribution in [2.45, 2.75) is 57.7 Å². The van der Waals surface area contributed by atoms with Crippen molar-refractivity contribution >= 4 is 38.5 Å². The van der Waals surface area contributed by atoms with Gasteiger partial charge in [-0.05, 0) is 69.2 Å². The topological polar surface area (TPSA) is 136 Å². The first-order chi connectivity index (χ1) is 24.2. The van der Waals surface area contributed by atoms with E-state index in [0.29, 0.717) is 38.9 Å². The molecule has 5 aromatic rings. The van der Waals surface area contributed by atoms with Gasteiger partial charge in [0.2, 0.25) is 21.9 Å². The SMILES string of the molecule is Cc1ccc2c(NS(=O)(=O)Cc3ccccc3)c(F)ccc2c1Oc1ncccc1-c1ccnc(N[C@@H]2C[C@@H](F)CN(C(=O)OC(C)(C)C)C2)n1. The number of sulfonamides is 1. The van der Waals surface area contributed by atoms with Crippen LogP contribution in [-0.2, 0) is 20.5 Å². The number of hydrogen-bond donors (Lipinski definition) is 2. The number of amides is 1. The van der Waals surface area contributed by atoms with Crippen molar-refractivity contribution < 1.29 is 31.5 Å². The van der Waals surface area contributed by atoms with Crippen LogP contribution in [-0.4, -0.2) is 65.3 Å². The number of anilines is 2. The van der Waals surface area contributed by atoms with E-state index in [1.807, 2.05) is 6.92 Å². The van der Waals surface area contributed by atoms with Crippen LogP contribution in [0.5, 0.6) is 11.6 Å². The summed E-state index contributed by atoms with van der Waals surface area (Å²) in [6.07, 6.45) is 1.40. The highest BCUT2D eigenvalue weighted by Gasteiger charge is 2.33. The predicted molar refractivity (Wildman–Crippen MR) is 191 cm³/mol. The lowest BCUT2D eigenvalue weighted by Gasteiger charge is -2.36. The molecular weight excluding hydrogens is 679 g/mol. The molecule has 0 saturated carbocycles. The van der Waals surface area contributed by atoms with E-state index in [1.165, 1.54) is 17.0 Å². The van der Waals surface area contributed by atoms with Gasteiger partial charge in [-0.15, -0.1) is 0 Å². The fraction of sp³-hybridized carbons (Fsp3) is 0.297. The van der Waals surface area contributed by atoms with Crippen molar-refractivity contribution in [3.05, 3.63) is 102 Å². The maximum Gasteiger partial charge on any atom is 0.410 e. The van der Waals surface area contributed by atoms with E-state index in [4.69, 9.17) is 9.47 Å². The highest BCUT2D eigenvalue weighted by atomic mass is 32.2. The van der Waals surface area contributed by atoms with Crippen molar-refractivity contribution in [3.63, 3.8) is 0 Å². The van der Waals surface area contributed by atoms with Crippen LogP contribution < -0.4 is 14.8 Å². The highest BCUT2D eigenvalue weighted by Crippen LogP contribution is 2.40. The molecule has 2 atom stereocenters. The number of alkyl halides is 1. The van der Waals surface area contributed by atoms with Crippen LogP contribution >= 0.6 is 0 Å². The lowest BCUT2D eigenvalue weighted by molar-refractivity contribution is 0.0124.